The predicted molar refractivity (Wildman–Crippen MR) is 220 cm³/mol. The van der Waals surface area contributed by atoms with Gasteiger partial charge >= 0.3 is 0 Å². The van der Waals surface area contributed by atoms with Crippen LogP contribution in [0, 0.1) is 0 Å². The Hall–Kier alpha value is -4.78. The van der Waals surface area contributed by atoms with E-state index >= 15 is 0 Å². The van der Waals surface area contributed by atoms with Crippen LogP contribution in [-0.2, 0) is 24.3 Å². The molecule has 0 radical (unpaired) electrons. The number of amides is 3. The fraction of sp³-hybridized carbons (Fsp3) is 0.333. The maximum atomic E-state index is 13.5. The number of hydrogen-bond donors (Lipinski definition) is 2. The van der Waals surface area contributed by atoms with Crippen LogP contribution in [0.4, 0.5) is 11.4 Å². The topological polar surface area (TPSA) is 120 Å². The largest absolute Gasteiger partial charge is 0.351 e. The molecule has 2 aliphatic heterocycles. The van der Waals surface area contributed by atoms with E-state index in [0.29, 0.717) is 42.0 Å². The van der Waals surface area contributed by atoms with Crippen LogP contribution in [0.5, 0.6) is 0 Å². The molecule has 54 heavy (non-hydrogen) atoms. The van der Waals surface area contributed by atoms with Gasteiger partial charge in [-0.2, -0.15) is 0 Å². The highest BCUT2D eigenvalue weighted by molar-refractivity contribution is 8.76. The minimum Gasteiger partial charge on any atom is -0.351 e. The molecule has 0 spiro atoms. The van der Waals surface area contributed by atoms with Gasteiger partial charge in [-0.25, -0.2) is 4.98 Å². The summed E-state index contributed by atoms with van der Waals surface area (Å²) in [6, 6.07) is 21.1. The summed E-state index contributed by atoms with van der Waals surface area (Å²) in [5.41, 5.74) is 8.08. The van der Waals surface area contributed by atoms with Gasteiger partial charge in [0.05, 0.1) is 17.6 Å². The number of aromatic nitrogens is 2. The Bertz CT molecular complexity index is 2010. The first-order valence-electron chi connectivity index (χ1n) is 18.6. The number of benzene rings is 2. The minimum atomic E-state index is -0.243. The van der Waals surface area contributed by atoms with Crippen molar-refractivity contribution in [3.8, 4) is 0 Å². The van der Waals surface area contributed by atoms with Crippen molar-refractivity contribution in [2.24, 2.45) is 4.99 Å². The Morgan fingerprint density at radius 3 is 2.48 bits per heavy atom. The van der Waals surface area contributed by atoms with Crippen molar-refractivity contribution in [1.29, 1.82) is 0 Å². The number of anilines is 1. The molecule has 10 nitrogen and oxygen atoms in total. The summed E-state index contributed by atoms with van der Waals surface area (Å²) in [6.45, 7) is 10.4. The molecule has 3 amide bonds. The number of hydrogen-bond acceptors (Lipinski definition) is 9. The van der Waals surface area contributed by atoms with Crippen molar-refractivity contribution in [2.45, 2.75) is 64.6 Å². The molecular weight excluding hydrogens is 715 g/mol. The lowest BCUT2D eigenvalue weighted by molar-refractivity contribution is -0.127. The molecule has 280 valence electrons. The van der Waals surface area contributed by atoms with Gasteiger partial charge < -0.3 is 15.5 Å². The molecule has 2 aromatic carbocycles. The molecule has 0 saturated carbocycles. The third kappa shape index (κ3) is 10.5. The number of fused-ring (bicyclic) bond motifs is 2. The number of rotatable bonds is 15. The van der Waals surface area contributed by atoms with E-state index in [2.05, 4.69) is 34.4 Å². The van der Waals surface area contributed by atoms with Gasteiger partial charge in [-0.3, -0.25) is 29.3 Å². The lowest BCUT2D eigenvalue weighted by Crippen LogP contribution is -2.33. The van der Waals surface area contributed by atoms with Crippen LogP contribution in [0.25, 0.3) is 6.08 Å². The smallest absolute Gasteiger partial charge is 0.255 e. The van der Waals surface area contributed by atoms with Gasteiger partial charge in [-0.1, -0.05) is 48.9 Å². The molecule has 12 heteroatoms. The molecule has 2 aromatic heterocycles. The second-order valence-corrected chi connectivity index (χ2v) is 16.0. The normalized spacial score (nSPS) is 13.8. The van der Waals surface area contributed by atoms with Crippen LogP contribution in [0.2, 0.25) is 0 Å². The maximum absolute atomic E-state index is 13.5. The molecule has 0 saturated heterocycles. The summed E-state index contributed by atoms with van der Waals surface area (Å²) in [7, 11) is 3.27. The second kappa shape index (κ2) is 19.0. The SMILES string of the molecule is CCCN(CCC)C(=O)C1=Cc2ccc(C(=O)Nc3cnc4c(c3)CN(Cc3ccc(C(=O)NCCSSc5ccccn5)cc3)CC4)cc2N=C(C)C1. The van der Waals surface area contributed by atoms with Gasteiger partial charge in [-0.05, 0) is 90.2 Å². The van der Waals surface area contributed by atoms with Gasteiger partial charge in [0.2, 0.25) is 5.91 Å². The fourth-order valence-electron chi connectivity index (χ4n) is 6.58. The van der Waals surface area contributed by atoms with E-state index in [1.165, 1.54) is 0 Å². The predicted octanol–water partition coefficient (Wildman–Crippen LogP) is 7.99. The summed E-state index contributed by atoms with van der Waals surface area (Å²) in [5.74, 6) is 0.515. The first-order valence-corrected chi connectivity index (χ1v) is 20.9. The lowest BCUT2D eigenvalue weighted by Gasteiger charge is -2.28. The van der Waals surface area contributed by atoms with Crippen LogP contribution >= 0.6 is 21.6 Å². The Labute approximate surface area is 325 Å². The van der Waals surface area contributed by atoms with Crippen molar-refractivity contribution >= 4 is 62.5 Å². The molecule has 4 aromatic rings. The highest BCUT2D eigenvalue weighted by Crippen LogP contribution is 2.30. The van der Waals surface area contributed by atoms with E-state index in [0.717, 1.165) is 89.9 Å². The minimum absolute atomic E-state index is 0.0531. The molecule has 4 heterocycles. The summed E-state index contributed by atoms with van der Waals surface area (Å²) >= 11 is 0. The summed E-state index contributed by atoms with van der Waals surface area (Å²) in [6.07, 6.45) is 8.53. The molecule has 0 fully saturated rings. The van der Waals surface area contributed by atoms with E-state index in [4.69, 9.17) is 9.98 Å². The van der Waals surface area contributed by atoms with E-state index < -0.39 is 0 Å². The molecule has 2 N–H and O–H groups in total. The number of carbonyl (C=O) groups excluding carboxylic acids is 3. The van der Waals surface area contributed by atoms with E-state index in [1.54, 1.807) is 46.1 Å². The van der Waals surface area contributed by atoms with Gasteiger partial charge in [0.25, 0.3) is 11.8 Å². The summed E-state index contributed by atoms with van der Waals surface area (Å²) < 4.78 is 0. The molecule has 0 atom stereocenters. The zero-order valence-electron chi connectivity index (χ0n) is 31.1. The fourth-order valence-corrected chi connectivity index (χ4v) is 8.36. The van der Waals surface area contributed by atoms with Crippen LogP contribution in [0.1, 0.15) is 83.1 Å². The standard InChI is InChI=1S/C42H47N7O3S2/c1-4-18-49(19-5-2)42(52)34-22-29(3)46-38-25-33(14-13-32(38)23-34)41(51)47-36-24-35-28-48(20-15-37(35)45-26-36)27-30-9-11-31(12-10-30)40(50)44-17-21-53-54-39-8-6-7-16-43-39/h6-14,16,23-26H,4-5,15,17-22,27-28H2,1-3H3,(H,44,50)(H,47,51). The van der Waals surface area contributed by atoms with Gasteiger partial charge in [0.15, 0.2) is 0 Å². The van der Waals surface area contributed by atoms with E-state index in [-0.39, 0.29) is 17.7 Å². The van der Waals surface area contributed by atoms with Crippen LogP contribution < -0.4 is 10.6 Å². The number of carbonyl (C=O) groups is 3. The van der Waals surface area contributed by atoms with Crippen LogP contribution in [0.15, 0.2) is 94.7 Å². The highest BCUT2D eigenvalue weighted by atomic mass is 33.1. The molecule has 0 bridgehead atoms. The second-order valence-electron chi connectivity index (χ2n) is 13.5. The van der Waals surface area contributed by atoms with Gasteiger partial charge in [-0.15, -0.1) is 0 Å². The van der Waals surface area contributed by atoms with Gasteiger partial charge in [0.1, 0.15) is 5.03 Å². The monoisotopic (exact) mass is 761 g/mol. The van der Waals surface area contributed by atoms with Crippen molar-refractivity contribution in [3.05, 3.63) is 118 Å². The number of pyridine rings is 2. The molecule has 0 aliphatic carbocycles. The summed E-state index contributed by atoms with van der Waals surface area (Å²) in [4.78, 5) is 57.6. The quantitative estimate of drug-likeness (QED) is 0.0925. The number of aliphatic imine (C=N–C) groups is 1. The van der Waals surface area contributed by atoms with E-state index in [1.807, 2.05) is 72.5 Å². The lowest BCUT2D eigenvalue weighted by atomic mass is 10.0. The van der Waals surface area contributed by atoms with E-state index in [9.17, 15) is 14.4 Å². The van der Waals surface area contributed by atoms with Crippen molar-refractivity contribution in [1.82, 2.24) is 25.1 Å². The molecular formula is C42H47N7O3S2. The zero-order chi connectivity index (χ0) is 37.9. The van der Waals surface area contributed by atoms with Gasteiger partial charge in [0, 0.05) is 97.7 Å². The average molecular weight is 762 g/mol. The maximum Gasteiger partial charge on any atom is 0.255 e. The Morgan fingerprint density at radius 1 is 0.926 bits per heavy atom. The Kier molecular flexibility index (Phi) is 13.7. The highest BCUT2D eigenvalue weighted by Gasteiger charge is 2.22. The molecule has 2 aliphatic rings. The van der Waals surface area contributed by atoms with Crippen molar-refractivity contribution in [3.63, 3.8) is 0 Å². The van der Waals surface area contributed by atoms with Crippen molar-refractivity contribution in [2.75, 3.05) is 37.2 Å². The number of nitrogens with zero attached hydrogens (tertiary/aromatic N) is 5. The third-order valence-electron chi connectivity index (χ3n) is 9.18. The Balaban J connectivity index is 1.02. The molecule has 6 rings (SSSR count). The Morgan fingerprint density at radius 2 is 1.72 bits per heavy atom. The third-order valence-corrected chi connectivity index (χ3v) is 11.4. The molecule has 0 unspecified atom stereocenters. The average Bonchev–Trinajstić information content (AvgIpc) is 3.35. The first-order chi connectivity index (χ1) is 26.3. The van der Waals surface area contributed by atoms with Crippen LogP contribution in [-0.4, -0.2) is 75.1 Å². The zero-order valence-corrected chi connectivity index (χ0v) is 32.8. The van der Waals surface area contributed by atoms with Crippen molar-refractivity contribution < 1.29 is 14.4 Å². The number of nitrogens with one attached hydrogen (secondary N) is 2. The first kappa shape index (κ1) is 38.9. The van der Waals surface area contributed by atoms with Crippen LogP contribution in [0.3, 0.4) is 0 Å². The summed E-state index contributed by atoms with van der Waals surface area (Å²) in [5, 5.41) is 6.99.